The number of carbonyl (C=O) groups excluding carboxylic acids is 1. The lowest BCUT2D eigenvalue weighted by Gasteiger charge is -2.29. The molecule has 188 valence electrons. The summed E-state index contributed by atoms with van der Waals surface area (Å²) in [6, 6.07) is 15.2. The van der Waals surface area contributed by atoms with Crippen molar-refractivity contribution in [1.82, 2.24) is 14.9 Å². The number of ether oxygens (including phenoxy) is 2. The van der Waals surface area contributed by atoms with E-state index in [0.29, 0.717) is 15.8 Å². The molecule has 3 atom stereocenters. The Morgan fingerprint density at radius 1 is 1.31 bits per heavy atom. The van der Waals surface area contributed by atoms with Crippen LogP contribution in [0.2, 0.25) is 5.02 Å². The van der Waals surface area contributed by atoms with E-state index in [1.54, 1.807) is 12.3 Å². The van der Waals surface area contributed by atoms with Gasteiger partial charge in [0.05, 0.1) is 28.5 Å². The van der Waals surface area contributed by atoms with Crippen molar-refractivity contribution < 1.29 is 14.3 Å². The van der Waals surface area contributed by atoms with Crippen molar-refractivity contribution in [2.24, 2.45) is 0 Å². The average Bonchev–Trinajstić information content (AvgIpc) is 3.62. The van der Waals surface area contributed by atoms with Crippen molar-refractivity contribution in [2.75, 3.05) is 30.5 Å². The number of anilines is 2. The van der Waals surface area contributed by atoms with Crippen LogP contribution >= 0.6 is 23.8 Å². The highest BCUT2D eigenvalue weighted by molar-refractivity contribution is 7.80. The first-order valence-electron chi connectivity index (χ1n) is 11.9. The number of nitrogens with one attached hydrogen (secondary N) is 2. The van der Waals surface area contributed by atoms with Gasteiger partial charge in [0, 0.05) is 44.0 Å². The Kier molecular flexibility index (Phi) is 7.52. The number of methoxy groups -OCH3 is 1. The number of halogens is 1. The van der Waals surface area contributed by atoms with Gasteiger partial charge >= 0.3 is 0 Å². The minimum absolute atomic E-state index is 0.0479. The van der Waals surface area contributed by atoms with Crippen LogP contribution in [0.4, 0.5) is 11.4 Å². The van der Waals surface area contributed by atoms with Crippen LogP contribution in [-0.4, -0.2) is 47.0 Å². The van der Waals surface area contributed by atoms with Gasteiger partial charge in [-0.15, -0.1) is 0 Å². The van der Waals surface area contributed by atoms with Crippen molar-refractivity contribution >= 4 is 46.2 Å². The highest BCUT2D eigenvalue weighted by Gasteiger charge is 2.42. The molecular formula is C26H28ClN5O3S. The number of benzene rings is 1. The van der Waals surface area contributed by atoms with Crippen molar-refractivity contribution in [3.8, 4) is 0 Å². The third-order valence-electron chi connectivity index (χ3n) is 6.47. The van der Waals surface area contributed by atoms with E-state index in [2.05, 4.69) is 43.4 Å². The largest absolute Gasteiger partial charge is 0.376 e. The first-order chi connectivity index (χ1) is 17.5. The second-order valence-corrected chi connectivity index (χ2v) is 9.66. The van der Waals surface area contributed by atoms with Crippen LogP contribution in [0.3, 0.4) is 0 Å². The zero-order chi connectivity index (χ0) is 25.1. The van der Waals surface area contributed by atoms with Gasteiger partial charge in [0.15, 0.2) is 5.11 Å². The summed E-state index contributed by atoms with van der Waals surface area (Å²) in [7, 11) is 1.47. The quantitative estimate of drug-likeness (QED) is 0.420. The number of carbonyl (C=O) groups is 1. The molecule has 2 saturated heterocycles. The molecule has 36 heavy (non-hydrogen) atoms. The molecule has 0 radical (unpaired) electrons. The molecule has 2 N–H and O–H groups in total. The molecule has 0 bridgehead atoms. The summed E-state index contributed by atoms with van der Waals surface area (Å²) in [6.07, 6.45) is 6.22. The molecule has 2 fully saturated rings. The minimum atomic E-state index is -0.273. The Hall–Kier alpha value is -2.98. The van der Waals surface area contributed by atoms with E-state index in [-0.39, 0.29) is 30.7 Å². The average molecular weight is 526 g/mol. The van der Waals surface area contributed by atoms with E-state index in [1.807, 2.05) is 30.3 Å². The molecule has 2 aliphatic rings. The van der Waals surface area contributed by atoms with Crippen molar-refractivity contribution in [1.29, 1.82) is 0 Å². The molecule has 10 heteroatoms. The first-order valence-corrected chi connectivity index (χ1v) is 12.7. The number of aromatic nitrogens is 2. The molecule has 4 heterocycles. The topological polar surface area (TPSA) is 80.7 Å². The van der Waals surface area contributed by atoms with E-state index >= 15 is 0 Å². The minimum Gasteiger partial charge on any atom is -0.376 e. The zero-order valence-electron chi connectivity index (χ0n) is 19.9. The second-order valence-electron chi connectivity index (χ2n) is 8.86. The van der Waals surface area contributed by atoms with Gasteiger partial charge in [-0.1, -0.05) is 17.7 Å². The predicted octanol–water partition coefficient (Wildman–Crippen LogP) is 4.48. The summed E-state index contributed by atoms with van der Waals surface area (Å²) in [5, 5.41) is 7.24. The van der Waals surface area contributed by atoms with E-state index in [9.17, 15) is 4.79 Å². The number of hydrogen-bond acceptors (Lipinski definition) is 5. The molecule has 2 aromatic heterocycles. The van der Waals surface area contributed by atoms with Gasteiger partial charge in [-0.05, 0) is 67.5 Å². The Morgan fingerprint density at radius 2 is 2.19 bits per heavy atom. The van der Waals surface area contributed by atoms with Crippen LogP contribution in [0.5, 0.6) is 0 Å². The highest BCUT2D eigenvalue weighted by atomic mass is 35.5. The number of pyridine rings is 1. The third kappa shape index (κ3) is 5.10. The fraction of sp³-hybridized carbons (Fsp3) is 0.346. The van der Waals surface area contributed by atoms with Crippen LogP contribution < -0.4 is 15.5 Å². The van der Waals surface area contributed by atoms with Crippen molar-refractivity contribution in [3.63, 3.8) is 0 Å². The molecule has 0 spiro atoms. The van der Waals surface area contributed by atoms with Crippen LogP contribution in [0.25, 0.3) is 0 Å². The molecule has 0 saturated carbocycles. The van der Waals surface area contributed by atoms with Crippen molar-refractivity contribution in [3.05, 3.63) is 77.3 Å². The van der Waals surface area contributed by atoms with Gasteiger partial charge in [0.25, 0.3) is 0 Å². The molecule has 8 nitrogen and oxygen atoms in total. The number of rotatable bonds is 8. The highest BCUT2D eigenvalue weighted by Crippen LogP contribution is 2.43. The Balaban J connectivity index is 1.51. The summed E-state index contributed by atoms with van der Waals surface area (Å²) in [5.74, 6) is -0.273. The SMILES string of the molecule is COCC(=O)Nc1ccc(N2C(=S)N[C@H](c3ccccn3)[C@@H]2c2cccn2C[C@@H]2CCCO2)cc1Cl. The van der Waals surface area contributed by atoms with E-state index in [4.69, 9.17) is 33.3 Å². The van der Waals surface area contributed by atoms with Crippen molar-refractivity contribution in [2.45, 2.75) is 37.6 Å². The van der Waals surface area contributed by atoms with Crippen LogP contribution in [0.1, 0.15) is 36.3 Å². The smallest absolute Gasteiger partial charge is 0.250 e. The number of amides is 1. The van der Waals surface area contributed by atoms with Crippen LogP contribution in [0, 0.1) is 0 Å². The number of hydrogen-bond donors (Lipinski definition) is 2. The summed E-state index contributed by atoms with van der Waals surface area (Å²) >= 11 is 12.4. The monoisotopic (exact) mass is 525 g/mol. The predicted molar refractivity (Wildman–Crippen MR) is 143 cm³/mol. The molecule has 5 rings (SSSR count). The zero-order valence-corrected chi connectivity index (χ0v) is 21.5. The Morgan fingerprint density at radius 3 is 2.92 bits per heavy atom. The molecule has 0 unspecified atom stereocenters. The van der Waals surface area contributed by atoms with Gasteiger partial charge in [-0.2, -0.15) is 0 Å². The lowest BCUT2D eigenvalue weighted by molar-refractivity contribution is -0.119. The molecule has 2 aliphatic heterocycles. The summed E-state index contributed by atoms with van der Waals surface area (Å²) in [4.78, 5) is 18.7. The van der Waals surface area contributed by atoms with Crippen LogP contribution in [0.15, 0.2) is 60.9 Å². The van der Waals surface area contributed by atoms with Gasteiger partial charge in [-0.3, -0.25) is 9.78 Å². The van der Waals surface area contributed by atoms with Gasteiger partial charge < -0.3 is 29.6 Å². The van der Waals surface area contributed by atoms with E-state index < -0.39 is 0 Å². The fourth-order valence-electron chi connectivity index (χ4n) is 4.88. The van der Waals surface area contributed by atoms with Gasteiger partial charge in [0.1, 0.15) is 12.6 Å². The van der Waals surface area contributed by atoms with E-state index in [0.717, 1.165) is 43.1 Å². The van der Waals surface area contributed by atoms with Gasteiger partial charge in [-0.25, -0.2) is 0 Å². The first kappa shape index (κ1) is 24.7. The summed E-state index contributed by atoms with van der Waals surface area (Å²) in [5.41, 5.74) is 3.32. The third-order valence-corrected chi connectivity index (χ3v) is 7.10. The summed E-state index contributed by atoms with van der Waals surface area (Å²) < 4.78 is 13.1. The lowest BCUT2D eigenvalue weighted by atomic mass is 10.0. The molecule has 3 aromatic rings. The maximum atomic E-state index is 12.0. The normalized spacial score (nSPS) is 21.6. The second kappa shape index (κ2) is 11.0. The number of thiocarbonyl (C=S) groups is 1. The standard InChI is InChI=1S/C26H28ClN5O3S/c1-34-16-23(33)29-20-10-9-17(14-19(20)27)32-25(24(30-26(32)36)21-7-2-3-11-28-21)22-8-4-12-31(22)15-18-6-5-13-35-18/h2-4,7-12,14,18,24-25H,5-6,13,15-16H2,1H3,(H,29,33)(H,30,36)/t18-,24+,25-/m0/s1. The molecular weight excluding hydrogens is 498 g/mol. The summed E-state index contributed by atoms with van der Waals surface area (Å²) in [6.45, 7) is 1.54. The molecule has 0 aliphatic carbocycles. The molecule has 1 amide bonds. The Labute approximate surface area is 220 Å². The maximum Gasteiger partial charge on any atom is 0.250 e. The lowest BCUT2D eigenvalue weighted by Crippen LogP contribution is -2.31. The molecule has 1 aromatic carbocycles. The number of nitrogens with zero attached hydrogens (tertiary/aromatic N) is 3. The Bertz CT molecular complexity index is 1230. The van der Waals surface area contributed by atoms with Crippen LogP contribution in [-0.2, 0) is 20.8 Å². The maximum absolute atomic E-state index is 12.0. The fourth-order valence-corrected chi connectivity index (χ4v) is 5.44. The van der Waals surface area contributed by atoms with Gasteiger partial charge in [0.2, 0.25) is 5.91 Å². The van der Waals surface area contributed by atoms with E-state index in [1.165, 1.54) is 7.11 Å².